The molecule has 0 aromatic heterocycles. The predicted molar refractivity (Wildman–Crippen MR) is 58.1 cm³/mol. The zero-order valence-electron chi connectivity index (χ0n) is 8.64. The first-order chi connectivity index (χ1) is 6.38. The van der Waals surface area contributed by atoms with Gasteiger partial charge in [0.05, 0.1) is 0 Å². The Labute approximate surface area is 81.2 Å². The summed E-state index contributed by atoms with van der Waals surface area (Å²) in [5.74, 6) is 0. The van der Waals surface area contributed by atoms with Gasteiger partial charge < -0.3 is 5.32 Å². The molecule has 1 rings (SSSR count). The van der Waals surface area contributed by atoms with E-state index < -0.39 is 0 Å². The molecule has 1 N–H and O–H groups in total. The molecule has 1 aromatic rings. The number of nitrogens with one attached hydrogen (secondary N) is 1. The van der Waals surface area contributed by atoms with Gasteiger partial charge in [-0.3, -0.25) is 0 Å². The molecule has 0 aliphatic rings. The summed E-state index contributed by atoms with van der Waals surface area (Å²) in [5.41, 5.74) is 3.01. The van der Waals surface area contributed by atoms with Crippen molar-refractivity contribution in [2.75, 3.05) is 13.6 Å². The Morgan fingerprint density at radius 2 is 1.69 bits per heavy atom. The van der Waals surface area contributed by atoms with Crippen molar-refractivity contribution in [3.05, 3.63) is 35.4 Å². The summed E-state index contributed by atoms with van der Waals surface area (Å²) in [6.45, 7) is 3.30. The highest BCUT2D eigenvalue weighted by atomic mass is 14.8. The standard InChI is InChI=1S/C12H19N/c1-3-6-11-7-4-5-8-12(11)9-10-13-2/h4-5,7-8,13H,3,6,9-10H2,1-2H3. The molecular weight excluding hydrogens is 158 g/mol. The maximum Gasteiger partial charge on any atom is -0.00113 e. The molecule has 0 fully saturated rings. The molecule has 1 heteroatoms. The van der Waals surface area contributed by atoms with Crippen molar-refractivity contribution in [1.82, 2.24) is 5.32 Å². The predicted octanol–water partition coefficient (Wildman–Crippen LogP) is 2.40. The van der Waals surface area contributed by atoms with Crippen molar-refractivity contribution in [1.29, 1.82) is 0 Å². The van der Waals surface area contributed by atoms with Crippen LogP contribution < -0.4 is 5.32 Å². The minimum Gasteiger partial charge on any atom is -0.319 e. The van der Waals surface area contributed by atoms with E-state index >= 15 is 0 Å². The van der Waals surface area contributed by atoms with Gasteiger partial charge in [-0.15, -0.1) is 0 Å². The highest BCUT2D eigenvalue weighted by Crippen LogP contribution is 2.11. The summed E-state index contributed by atoms with van der Waals surface area (Å²) in [6.07, 6.45) is 3.59. The molecule has 72 valence electrons. The van der Waals surface area contributed by atoms with Crippen LogP contribution in [0.15, 0.2) is 24.3 Å². The van der Waals surface area contributed by atoms with Gasteiger partial charge in [0.2, 0.25) is 0 Å². The molecule has 1 aromatic carbocycles. The average Bonchev–Trinajstić information content (AvgIpc) is 2.17. The second kappa shape index (κ2) is 5.76. The highest BCUT2D eigenvalue weighted by Gasteiger charge is 1.98. The molecule has 13 heavy (non-hydrogen) atoms. The molecular formula is C12H19N. The normalized spacial score (nSPS) is 10.3. The van der Waals surface area contributed by atoms with Gasteiger partial charge in [-0.2, -0.15) is 0 Å². The van der Waals surface area contributed by atoms with Crippen molar-refractivity contribution >= 4 is 0 Å². The molecule has 0 atom stereocenters. The van der Waals surface area contributed by atoms with Crippen molar-refractivity contribution < 1.29 is 0 Å². The van der Waals surface area contributed by atoms with Crippen LogP contribution in [0, 0.1) is 0 Å². The lowest BCUT2D eigenvalue weighted by Crippen LogP contribution is -2.11. The van der Waals surface area contributed by atoms with Gasteiger partial charge in [0.1, 0.15) is 0 Å². The minimum atomic E-state index is 1.07. The minimum absolute atomic E-state index is 1.07. The van der Waals surface area contributed by atoms with Crippen LogP contribution >= 0.6 is 0 Å². The average molecular weight is 177 g/mol. The fourth-order valence-corrected chi connectivity index (χ4v) is 1.57. The van der Waals surface area contributed by atoms with Gasteiger partial charge >= 0.3 is 0 Å². The van der Waals surface area contributed by atoms with Gasteiger partial charge in [-0.05, 0) is 37.6 Å². The summed E-state index contributed by atoms with van der Waals surface area (Å²) in [7, 11) is 2.00. The van der Waals surface area contributed by atoms with Crippen molar-refractivity contribution in [2.24, 2.45) is 0 Å². The summed E-state index contributed by atoms with van der Waals surface area (Å²) in [6, 6.07) is 8.74. The SMILES string of the molecule is CCCc1ccccc1CCNC. The largest absolute Gasteiger partial charge is 0.319 e. The first kappa shape index (κ1) is 10.3. The molecule has 0 saturated heterocycles. The molecule has 0 spiro atoms. The summed E-state index contributed by atoms with van der Waals surface area (Å²) >= 11 is 0. The third kappa shape index (κ3) is 3.19. The second-order valence-corrected chi connectivity index (χ2v) is 3.37. The number of aryl methyl sites for hydroxylation is 1. The molecule has 1 nitrogen and oxygen atoms in total. The van der Waals surface area contributed by atoms with E-state index in [1.54, 1.807) is 0 Å². The topological polar surface area (TPSA) is 12.0 Å². The molecule has 0 unspecified atom stereocenters. The first-order valence-electron chi connectivity index (χ1n) is 5.10. The Balaban J connectivity index is 2.66. The molecule has 0 radical (unpaired) electrons. The van der Waals surface area contributed by atoms with Crippen LogP contribution in [-0.4, -0.2) is 13.6 Å². The van der Waals surface area contributed by atoms with Crippen molar-refractivity contribution in [3.63, 3.8) is 0 Å². The zero-order valence-corrected chi connectivity index (χ0v) is 8.64. The molecule has 0 heterocycles. The van der Waals surface area contributed by atoms with Gasteiger partial charge in [0, 0.05) is 0 Å². The molecule has 0 saturated carbocycles. The van der Waals surface area contributed by atoms with E-state index in [1.165, 1.54) is 24.0 Å². The van der Waals surface area contributed by atoms with Gasteiger partial charge in [0.25, 0.3) is 0 Å². The van der Waals surface area contributed by atoms with Gasteiger partial charge in [0.15, 0.2) is 0 Å². The quantitative estimate of drug-likeness (QED) is 0.728. The maximum absolute atomic E-state index is 3.19. The first-order valence-corrected chi connectivity index (χ1v) is 5.10. The number of likely N-dealkylation sites (N-methyl/N-ethyl adjacent to an activating group) is 1. The van der Waals surface area contributed by atoms with Crippen LogP contribution in [0.1, 0.15) is 24.5 Å². The van der Waals surface area contributed by atoms with E-state index in [1.807, 2.05) is 7.05 Å². The number of benzene rings is 1. The van der Waals surface area contributed by atoms with Gasteiger partial charge in [-0.25, -0.2) is 0 Å². The van der Waals surface area contributed by atoms with Crippen LogP contribution in [0.3, 0.4) is 0 Å². The Kier molecular flexibility index (Phi) is 4.55. The summed E-state index contributed by atoms with van der Waals surface area (Å²) < 4.78 is 0. The molecule has 0 aliphatic heterocycles. The lowest BCUT2D eigenvalue weighted by Gasteiger charge is -2.07. The van der Waals surface area contributed by atoms with E-state index in [0.717, 1.165) is 13.0 Å². The lowest BCUT2D eigenvalue weighted by atomic mass is 10.0. The van der Waals surface area contributed by atoms with Gasteiger partial charge in [-0.1, -0.05) is 37.6 Å². The Morgan fingerprint density at radius 1 is 1.08 bits per heavy atom. The van der Waals surface area contributed by atoms with E-state index in [9.17, 15) is 0 Å². The van der Waals surface area contributed by atoms with Crippen LogP contribution in [0.5, 0.6) is 0 Å². The molecule has 0 amide bonds. The molecule has 0 aliphatic carbocycles. The Bertz CT molecular complexity index is 243. The molecule has 0 bridgehead atoms. The van der Waals surface area contributed by atoms with Crippen LogP contribution in [0.25, 0.3) is 0 Å². The fraction of sp³-hybridized carbons (Fsp3) is 0.500. The number of hydrogen-bond donors (Lipinski definition) is 1. The van der Waals surface area contributed by atoms with Crippen LogP contribution in [-0.2, 0) is 12.8 Å². The Morgan fingerprint density at radius 3 is 2.23 bits per heavy atom. The maximum atomic E-state index is 3.19. The summed E-state index contributed by atoms with van der Waals surface area (Å²) in [4.78, 5) is 0. The van der Waals surface area contributed by atoms with Crippen LogP contribution in [0.2, 0.25) is 0 Å². The third-order valence-corrected chi connectivity index (χ3v) is 2.28. The zero-order chi connectivity index (χ0) is 9.52. The summed E-state index contributed by atoms with van der Waals surface area (Å²) in [5, 5.41) is 3.19. The lowest BCUT2D eigenvalue weighted by molar-refractivity contribution is 0.779. The van der Waals surface area contributed by atoms with Crippen LogP contribution in [0.4, 0.5) is 0 Å². The second-order valence-electron chi connectivity index (χ2n) is 3.37. The van der Waals surface area contributed by atoms with Crippen molar-refractivity contribution in [2.45, 2.75) is 26.2 Å². The van der Waals surface area contributed by atoms with E-state index in [-0.39, 0.29) is 0 Å². The number of hydrogen-bond acceptors (Lipinski definition) is 1. The van der Waals surface area contributed by atoms with E-state index in [2.05, 4.69) is 36.5 Å². The van der Waals surface area contributed by atoms with Crippen molar-refractivity contribution in [3.8, 4) is 0 Å². The van der Waals surface area contributed by atoms with E-state index in [0.29, 0.717) is 0 Å². The third-order valence-electron chi connectivity index (χ3n) is 2.28. The monoisotopic (exact) mass is 177 g/mol. The number of rotatable bonds is 5. The Hall–Kier alpha value is -0.820. The highest BCUT2D eigenvalue weighted by molar-refractivity contribution is 5.27. The van der Waals surface area contributed by atoms with E-state index in [4.69, 9.17) is 0 Å². The fourth-order valence-electron chi connectivity index (χ4n) is 1.57. The smallest absolute Gasteiger partial charge is 0.00113 e.